The normalized spacial score (nSPS) is 10.9. The number of hydrogen-bond donors (Lipinski definition) is 1. The highest BCUT2D eigenvalue weighted by Crippen LogP contribution is 2.25. The minimum atomic E-state index is -0.530. The van der Waals surface area contributed by atoms with E-state index in [1.165, 1.54) is 11.8 Å². The second-order valence-corrected chi connectivity index (χ2v) is 8.40. The Morgan fingerprint density at radius 2 is 1.97 bits per heavy atom. The number of fused-ring (bicyclic) bond motifs is 1. The number of benzene rings is 2. The summed E-state index contributed by atoms with van der Waals surface area (Å²) in [4.78, 5) is 24.3. The molecule has 1 N–H and O–H groups in total. The maximum Gasteiger partial charge on any atom is 0.316 e. The van der Waals surface area contributed by atoms with Crippen LogP contribution in [0.5, 0.6) is 0 Å². The Kier molecular flexibility index (Phi) is 6.98. The Balaban J connectivity index is 1.31. The molecule has 164 valence electrons. The van der Waals surface area contributed by atoms with E-state index in [1.54, 1.807) is 30.3 Å². The molecule has 9 nitrogen and oxygen atoms in total. The third-order valence-electron chi connectivity index (χ3n) is 4.38. The SMILES string of the molecule is CCn1c(SCC(=O)OCC(=O)Nc2cccc3nsnc23)nnc1-c1ccc(Cl)cc1. The molecule has 0 bridgehead atoms. The van der Waals surface area contributed by atoms with Crippen LogP contribution in [0.15, 0.2) is 47.6 Å². The second kappa shape index (κ2) is 10.1. The Morgan fingerprint density at radius 3 is 2.75 bits per heavy atom. The molecule has 2 aromatic carbocycles. The van der Waals surface area contributed by atoms with Crippen molar-refractivity contribution in [2.24, 2.45) is 0 Å². The minimum absolute atomic E-state index is 0.00236. The molecule has 4 rings (SSSR count). The molecule has 0 aliphatic heterocycles. The molecule has 0 saturated carbocycles. The van der Waals surface area contributed by atoms with Gasteiger partial charge in [-0.3, -0.25) is 9.59 Å². The van der Waals surface area contributed by atoms with Crippen LogP contribution < -0.4 is 5.32 Å². The van der Waals surface area contributed by atoms with E-state index < -0.39 is 18.5 Å². The zero-order chi connectivity index (χ0) is 22.5. The molecule has 2 aromatic heterocycles. The molecule has 0 radical (unpaired) electrons. The van der Waals surface area contributed by atoms with Crippen LogP contribution in [0.1, 0.15) is 6.92 Å². The lowest BCUT2D eigenvalue weighted by Gasteiger charge is -2.08. The monoisotopic (exact) mass is 488 g/mol. The van der Waals surface area contributed by atoms with Crippen LogP contribution in [0, 0.1) is 0 Å². The highest BCUT2D eigenvalue weighted by Gasteiger charge is 2.16. The van der Waals surface area contributed by atoms with Crippen LogP contribution in [0.2, 0.25) is 5.02 Å². The average Bonchev–Trinajstić information content (AvgIpc) is 3.44. The first kappa shape index (κ1) is 22.2. The van der Waals surface area contributed by atoms with Crippen molar-refractivity contribution < 1.29 is 14.3 Å². The summed E-state index contributed by atoms with van der Waals surface area (Å²) in [7, 11) is 0. The number of aromatic nitrogens is 5. The lowest BCUT2D eigenvalue weighted by atomic mass is 10.2. The van der Waals surface area contributed by atoms with Crippen LogP contribution >= 0.6 is 35.1 Å². The minimum Gasteiger partial charge on any atom is -0.455 e. The van der Waals surface area contributed by atoms with Crippen molar-refractivity contribution >= 4 is 63.7 Å². The van der Waals surface area contributed by atoms with Gasteiger partial charge in [-0.15, -0.1) is 10.2 Å². The van der Waals surface area contributed by atoms with Crippen molar-refractivity contribution in [2.75, 3.05) is 17.7 Å². The van der Waals surface area contributed by atoms with Crippen molar-refractivity contribution in [2.45, 2.75) is 18.6 Å². The average molecular weight is 489 g/mol. The zero-order valence-electron chi connectivity index (χ0n) is 16.8. The number of carbonyl (C=O) groups excluding carboxylic acids is 2. The first-order valence-electron chi connectivity index (χ1n) is 9.54. The van der Waals surface area contributed by atoms with E-state index in [9.17, 15) is 9.59 Å². The highest BCUT2D eigenvalue weighted by molar-refractivity contribution is 7.99. The number of ether oxygens (including phenoxy) is 1. The molecule has 0 atom stereocenters. The number of halogens is 1. The molecule has 12 heteroatoms. The summed E-state index contributed by atoms with van der Waals surface area (Å²) in [5.41, 5.74) is 2.69. The van der Waals surface area contributed by atoms with E-state index in [2.05, 4.69) is 24.3 Å². The quantitative estimate of drug-likeness (QED) is 0.293. The van der Waals surface area contributed by atoms with E-state index in [4.69, 9.17) is 16.3 Å². The molecular formula is C20H17ClN6O3S2. The van der Waals surface area contributed by atoms with Gasteiger partial charge in [-0.2, -0.15) is 8.75 Å². The maximum atomic E-state index is 12.2. The number of amides is 1. The van der Waals surface area contributed by atoms with E-state index in [1.807, 2.05) is 23.6 Å². The summed E-state index contributed by atoms with van der Waals surface area (Å²) in [5, 5.41) is 12.3. The summed E-state index contributed by atoms with van der Waals surface area (Å²) in [6.07, 6.45) is 0. The number of carbonyl (C=O) groups is 2. The Bertz CT molecular complexity index is 1260. The summed E-state index contributed by atoms with van der Waals surface area (Å²) >= 11 is 8.21. The van der Waals surface area contributed by atoms with Crippen molar-refractivity contribution in [3.63, 3.8) is 0 Å². The standard InChI is InChI=1S/C20H17ClN6O3S2/c1-2-27-19(12-6-8-13(21)9-7-12)23-24-20(27)31-11-17(29)30-10-16(28)22-14-4-3-5-15-18(14)26-32-25-15/h3-9H,2,10-11H2,1H3,(H,22,28). The zero-order valence-corrected chi connectivity index (χ0v) is 19.2. The summed E-state index contributed by atoms with van der Waals surface area (Å²) in [6.45, 7) is 2.19. The fraction of sp³-hybridized carbons (Fsp3) is 0.200. The van der Waals surface area contributed by atoms with Crippen LogP contribution in [-0.2, 0) is 20.9 Å². The van der Waals surface area contributed by atoms with Crippen LogP contribution in [0.4, 0.5) is 5.69 Å². The lowest BCUT2D eigenvalue weighted by Crippen LogP contribution is -2.21. The Labute approximate surface area is 196 Å². The Morgan fingerprint density at radius 1 is 1.16 bits per heavy atom. The van der Waals surface area contributed by atoms with Gasteiger partial charge in [0.15, 0.2) is 17.6 Å². The largest absolute Gasteiger partial charge is 0.455 e. The molecule has 1 amide bonds. The second-order valence-electron chi connectivity index (χ2n) is 6.49. The Hall–Kier alpha value is -3.02. The predicted octanol–water partition coefficient (Wildman–Crippen LogP) is 3.90. The van der Waals surface area contributed by atoms with E-state index in [-0.39, 0.29) is 5.75 Å². The molecule has 0 unspecified atom stereocenters. The fourth-order valence-electron chi connectivity index (χ4n) is 2.90. The number of thioether (sulfide) groups is 1. The van der Waals surface area contributed by atoms with E-state index >= 15 is 0 Å². The third kappa shape index (κ3) is 5.06. The van der Waals surface area contributed by atoms with Gasteiger partial charge in [0.25, 0.3) is 5.91 Å². The van der Waals surface area contributed by atoms with Gasteiger partial charge in [0.05, 0.1) is 23.2 Å². The number of esters is 1. The van der Waals surface area contributed by atoms with Crippen molar-refractivity contribution in [3.05, 3.63) is 47.5 Å². The van der Waals surface area contributed by atoms with Gasteiger partial charge in [0, 0.05) is 17.1 Å². The fourth-order valence-corrected chi connectivity index (χ4v) is 4.37. The molecule has 0 spiro atoms. The third-order valence-corrected chi connectivity index (χ3v) is 6.11. The van der Waals surface area contributed by atoms with Gasteiger partial charge in [0.2, 0.25) is 0 Å². The maximum absolute atomic E-state index is 12.2. The lowest BCUT2D eigenvalue weighted by molar-refractivity contribution is -0.144. The molecule has 32 heavy (non-hydrogen) atoms. The molecule has 4 aromatic rings. The van der Waals surface area contributed by atoms with Crippen molar-refractivity contribution in [1.29, 1.82) is 0 Å². The number of hydrogen-bond acceptors (Lipinski definition) is 9. The van der Waals surface area contributed by atoms with E-state index in [0.717, 1.165) is 17.3 Å². The van der Waals surface area contributed by atoms with Crippen molar-refractivity contribution in [1.82, 2.24) is 23.5 Å². The van der Waals surface area contributed by atoms with Gasteiger partial charge in [-0.05, 0) is 43.3 Å². The molecule has 0 aliphatic carbocycles. The number of anilines is 1. The number of rotatable bonds is 8. The summed E-state index contributed by atoms with van der Waals surface area (Å²) < 4.78 is 15.3. The summed E-state index contributed by atoms with van der Waals surface area (Å²) in [5.74, 6) is -0.300. The molecular weight excluding hydrogens is 472 g/mol. The first-order valence-corrected chi connectivity index (χ1v) is 11.6. The highest BCUT2D eigenvalue weighted by atomic mass is 35.5. The number of nitrogens with one attached hydrogen (secondary N) is 1. The smallest absolute Gasteiger partial charge is 0.316 e. The van der Waals surface area contributed by atoms with Crippen LogP contribution in [0.3, 0.4) is 0 Å². The first-order chi connectivity index (χ1) is 15.5. The van der Waals surface area contributed by atoms with Gasteiger partial charge >= 0.3 is 5.97 Å². The molecule has 0 aliphatic rings. The summed E-state index contributed by atoms with van der Waals surface area (Å²) in [6, 6.07) is 12.6. The van der Waals surface area contributed by atoms with Gasteiger partial charge in [-0.1, -0.05) is 29.4 Å². The van der Waals surface area contributed by atoms with Crippen LogP contribution in [0.25, 0.3) is 22.4 Å². The molecule has 0 saturated heterocycles. The van der Waals surface area contributed by atoms with E-state index in [0.29, 0.717) is 39.3 Å². The van der Waals surface area contributed by atoms with Gasteiger partial charge in [-0.25, -0.2) is 0 Å². The topological polar surface area (TPSA) is 112 Å². The number of nitrogens with zero attached hydrogens (tertiary/aromatic N) is 5. The van der Waals surface area contributed by atoms with Crippen molar-refractivity contribution in [3.8, 4) is 11.4 Å². The molecule has 0 fully saturated rings. The van der Waals surface area contributed by atoms with Gasteiger partial charge < -0.3 is 14.6 Å². The predicted molar refractivity (Wildman–Crippen MR) is 124 cm³/mol. The van der Waals surface area contributed by atoms with Crippen LogP contribution in [-0.4, -0.2) is 47.7 Å². The molecule has 2 heterocycles. The van der Waals surface area contributed by atoms with Gasteiger partial charge in [0.1, 0.15) is 11.0 Å².